The van der Waals surface area contributed by atoms with E-state index in [4.69, 9.17) is 19.6 Å². The van der Waals surface area contributed by atoms with Crippen molar-refractivity contribution in [1.29, 1.82) is 0 Å². The van der Waals surface area contributed by atoms with Gasteiger partial charge in [0, 0.05) is 34.8 Å². The summed E-state index contributed by atoms with van der Waals surface area (Å²) in [6.45, 7) is 10.1. The quantitative estimate of drug-likeness (QED) is 0.290. The molecule has 7 nitrogen and oxygen atoms in total. The maximum absolute atomic E-state index is 12.9. The van der Waals surface area contributed by atoms with Crippen molar-refractivity contribution < 1.29 is 14.3 Å². The van der Waals surface area contributed by atoms with E-state index in [9.17, 15) is 4.79 Å². The fourth-order valence-electron chi connectivity index (χ4n) is 4.89. The van der Waals surface area contributed by atoms with Gasteiger partial charge in [-0.3, -0.25) is 0 Å². The van der Waals surface area contributed by atoms with Crippen LogP contribution in [0.5, 0.6) is 5.88 Å². The Balaban J connectivity index is 1.57. The lowest BCUT2D eigenvalue weighted by Gasteiger charge is -2.43. The van der Waals surface area contributed by atoms with Crippen LogP contribution in [0.4, 0.5) is 4.79 Å². The normalized spacial score (nSPS) is 14.7. The summed E-state index contributed by atoms with van der Waals surface area (Å²) < 4.78 is 13.6. The molecule has 1 saturated carbocycles. The number of methoxy groups -OCH3 is 1. The lowest BCUT2D eigenvalue weighted by molar-refractivity contribution is -0.0714. The van der Waals surface area contributed by atoms with E-state index in [0.29, 0.717) is 5.88 Å². The van der Waals surface area contributed by atoms with Crippen molar-refractivity contribution >= 4 is 11.7 Å². The van der Waals surface area contributed by atoms with E-state index in [2.05, 4.69) is 36.4 Å². The molecular weight excluding hydrogens is 476 g/mol. The predicted molar refractivity (Wildman–Crippen MR) is 149 cm³/mol. The number of rotatable bonds is 5. The molecule has 1 fully saturated rings. The average Bonchev–Trinajstić information content (AvgIpc) is 3.27. The molecule has 0 bridgehead atoms. The van der Waals surface area contributed by atoms with Crippen LogP contribution in [0.1, 0.15) is 56.7 Å². The van der Waals surface area contributed by atoms with Crippen molar-refractivity contribution in [3.8, 4) is 28.4 Å². The maximum atomic E-state index is 12.9. The van der Waals surface area contributed by atoms with Crippen molar-refractivity contribution in [3.05, 3.63) is 71.3 Å². The number of aryl methyl sites for hydroxylation is 1. The summed E-state index contributed by atoms with van der Waals surface area (Å²) in [4.78, 5) is 19.7. The molecule has 0 saturated heterocycles. The molecule has 0 atom stereocenters. The van der Waals surface area contributed by atoms with E-state index in [0.717, 1.165) is 64.1 Å². The van der Waals surface area contributed by atoms with Crippen molar-refractivity contribution in [2.45, 2.75) is 65.0 Å². The van der Waals surface area contributed by atoms with Gasteiger partial charge in [-0.05, 0) is 59.4 Å². The topological polar surface area (TPSA) is 69.0 Å². The van der Waals surface area contributed by atoms with Gasteiger partial charge < -0.3 is 14.4 Å². The molecule has 2 aromatic carbocycles. The average molecular weight is 513 g/mol. The summed E-state index contributed by atoms with van der Waals surface area (Å²) >= 11 is 0. The van der Waals surface area contributed by atoms with Crippen LogP contribution >= 0.6 is 0 Å². The lowest BCUT2D eigenvalue weighted by Crippen LogP contribution is -2.48. The van der Waals surface area contributed by atoms with E-state index in [1.807, 2.05) is 57.3 Å². The van der Waals surface area contributed by atoms with E-state index in [1.165, 1.54) is 0 Å². The van der Waals surface area contributed by atoms with Crippen LogP contribution < -0.4 is 4.74 Å². The van der Waals surface area contributed by atoms with Gasteiger partial charge in [-0.2, -0.15) is 0 Å². The zero-order valence-electron chi connectivity index (χ0n) is 23.3. The Labute approximate surface area is 224 Å². The summed E-state index contributed by atoms with van der Waals surface area (Å²) in [6.07, 6.45) is 2.38. The van der Waals surface area contributed by atoms with E-state index in [-0.39, 0.29) is 11.6 Å². The van der Waals surface area contributed by atoms with Crippen LogP contribution in [0.2, 0.25) is 0 Å². The van der Waals surface area contributed by atoms with Crippen molar-refractivity contribution in [2.75, 3.05) is 14.2 Å². The minimum atomic E-state index is -0.584. The Bertz CT molecular complexity index is 1480. The van der Waals surface area contributed by atoms with Crippen molar-refractivity contribution in [1.82, 2.24) is 19.5 Å². The number of hydrogen-bond donors (Lipinski definition) is 0. The molecule has 2 heterocycles. The molecule has 1 aliphatic rings. The number of carbonyl (C=O) groups excluding carboxylic acids is 1. The molecule has 7 heteroatoms. The molecule has 5 rings (SSSR count). The van der Waals surface area contributed by atoms with Gasteiger partial charge in [0.2, 0.25) is 5.88 Å². The summed E-state index contributed by atoms with van der Waals surface area (Å²) in [5.41, 5.74) is 6.67. The molecule has 0 N–H and O–H groups in total. The van der Waals surface area contributed by atoms with E-state index < -0.39 is 5.60 Å². The number of fused-ring (bicyclic) bond motifs is 1. The molecule has 0 aliphatic heterocycles. The highest BCUT2D eigenvalue weighted by Crippen LogP contribution is 2.46. The first kappa shape index (κ1) is 25.8. The highest BCUT2D eigenvalue weighted by atomic mass is 16.6. The molecule has 0 radical (unpaired) electrons. The molecule has 1 amide bonds. The number of hydrogen-bond acceptors (Lipinski definition) is 5. The Kier molecular flexibility index (Phi) is 6.41. The van der Waals surface area contributed by atoms with Gasteiger partial charge in [-0.1, -0.05) is 54.6 Å². The van der Waals surface area contributed by atoms with Gasteiger partial charge in [0.15, 0.2) is 5.65 Å². The first-order chi connectivity index (χ1) is 18.1. The zero-order chi connectivity index (χ0) is 27.2. The Hall–Kier alpha value is -3.87. The minimum absolute atomic E-state index is 0.293. The maximum Gasteiger partial charge on any atom is 0.410 e. The Morgan fingerprint density at radius 3 is 2.18 bits per heavy atom. The van der Waals surface area contributed by atoms with E-state index in [1.54, 1.807) is 19.1 Å². The number of carbonyl (C=O) groups is 1. The minimum Gasteiger partial charge on any atom is -0.480 e. The van der Waals surface area contributed by atoms with Crippen LogP contribution in [-0.2, 0) is 10.3 Å². The number of ether oxygens (including phenoxy) is 2. The zero-order valence-corrected chi connectivity index (χ0v) is 23.3. The van der Waals surface area contributed by atoms with Crippen LogP contribution in [0.3, 0.4) is 0 Å². The van der Waals surface area contributed by atoms with Crippen LogP contribution in [0.25, 0.3) is 28.2 Å². The number of nitrogens with zero attached hydrogens (tertiary/aromatic N) is 4. The molecule has 1 aliphatic carbocycles. The van der Waals surface area contributed by atoms with Crippen LogP contribution in [0, 0.1) is 13.8 Å². The Morgan fingerprint density at radius 2 is 1.63 bits per heavy atom. The molecule has 38 heavy (non-hydrogen) atoms. The largest absolute Gasteiger partial charge is 0.480 e. The van der Waals surface area contributed by atoms with Crippen LogP contribution in [0.15, 0.2) is 54.6 Å². The molecule has 4 aromatic rings. The van der Waals surface area contributed by atoms with Gasteiger partial charge in [0.1, 0.15) is 11.3 Å². The second-order valence-corrected chi connectivity index (χ2v) is 11.2. The molecule has 0 spiro atoms. The molecule has 0 unspecified atom stereocenters. The number of benzene rings is 2. The van der Waals surface area contributed by atoms with Gasteiger partial charge in [0.05, 0.1) is 12.8 Å². The first-order valence-electron chi connectivity index (χ1n) is 13.1. The molecular formula is C31H36N4O3. The summed E-state index contributed by atoms with van der Waals surface area (Å²) in [7, 11) is 3.43. The fourth-order valence-corrected chi connectivity index (χ4v) is 4.89. The number of imidazole rings is 1. The van der Waals surface area contributed by atoms with Gasteiger partial charge in [-0.15, -0.1) is 5.10 Å². The standard InChI is InChI=1S/C31H36N4O3/c1-20-21(2)28(37-7)33-35-26(23-12-9-8-10-13-23)25(32-27(20)35)22-14-16-24(17-15-22)31(18-11-19-31)38-29(36)34(6)30(3,4)5/h8-10,12-17H,11,18-19H2,1-7H3. The second kappa shape index (κ2) is 9.46. The number of aromatic nitrogens is 3. The lowest BCUT2D eigenvalue weighted by atomic mass is 9.74. The second-order valence-electron chi connectivity index (χ2n) is 11.2. The third-order valence-corrected chi connectivity index (χ3v) is 7.91. The highest BCUT2D eigenvalue weighted by Gasteiger charge is 2.44. The predicted octanol–water partition coefficient (Wildman–Crippen LogP) is 6.93. The smallest absolute Gasteiger partial charge is 0.410 e. The van der Waals surface area contributed by atoms with E-state index >= 15 is 0 Å². The molecule has 2 aromatic heterocycles. The van der Waals surface area contributed by atoms with Crippen molar-refractivity contribution in [2.24, 2.45) is 0 Å². The first-order valence-corrected chi connectivity index (χ1v) is 13.1. The summed E-state index contributed by atoms with van der Waals surface area (Å²) in [6, 6.07) is 18.5. The SMILES string of the molecule is COc1nn2c(-c3ccccc3)c(-c3ccc(C4(OC(=O)N(C)C(C)(C)C)CCC4)cc3)nc2c(C)c1C. The highest BCUT2D eigenvalue weighted by molar-refractivity contribution is 5.82. The van der Waals surface area contributed by atoms with Crippen molar-refractivity contribution in [3.63, 3.8) is 0 Å². The third-order valence-electron chi connectivity index (χ3n) is 7.91. The van der Waals surface area contributed by atoms with Gasteiger partial charge >= 0.3 is 6.09 Å². The van der Waals surface area contributed by atoms with Crippen LogP contribution in [-0.4, -0.2) is 45.3 Å². The fraction of sp³-hybridized carbons (Fsp3) is 0.387. The number of amides is 1. The van der Waals surface area contributed by atoms with Gasteiger partial charge in [-0.25, -0.2) is 14.3 Å². The Morgan fingerprint density at radius 1 is 0.974 bits per heavy atom. The monoisotopic (exact) mass is 512 g/mol. The summed E-state index contributed by atoms with van der Waals surface area (Å²) in [5, 5.41) is 4.79. The molecule has 198 valence electrons. The van der Waals surface area contributed by atoms with Gasteiger partial charge in [0.25, 0.3) is 0 Å². The summed E-state index contributed by atoms with van der Waals surface area (Å²) in [5.74, 6) is 0.584. The third kappa shape index (κ3) is 4.30.